The molecule has 41 heavy (non-hydrogen) atoms. The number of anilines is 5. The first-order chi connectivity index (χ1) is 19.8. The molecule has 11 heteroatoms. The van der Waals surface area contributed by atoms with Crippen LogP contribution in [0.1, 0.15) is 18.4 Å². The van der Waals surface area contributed by atoms with Gasteiger partial charge in [0.1, 0.15) is 17.9 Å². The Kier molecular flexibility index (Phi) is 8.14. The summed E-state index contributed by atoms with van der Waals surface area (Å²) < 4.78 is 19.0. The Balaban J connectivity index is 1.17. The SMILES string of the molecule is CN1CCN(C2CCN(c3ccc(Nc4ncc(Cl)c(Nc5ccccc5P(C)(C)=O)n4)c4c3CCO4)CC2)CC1. The summed E-state index contributed by atoms with van der Waals surface area (Å²) in [6.45, 7) is 11.0. The lowest BCUT2D eigenvalue weighted by Crippen LogP contribution is -2.52. The molecule has 2 fully saturated rings. The van der Waals surface area contributed by atoms with Gasteiger partial charge in [-0.05, 0) is 57.5 Å². The molecule has 0 radical (unpaired) electrons. The van der Waals surface area contributed by atoms with Gasteiger partial charge in [-0.3, -0.25) is 4.90 Å². The fraction of sp³-hybridized carbons (Fsp3) is 0.467. The van der Waals surface area contributed by atoms with Crippen molar-refractivity contribution in [3.05, 3.63) is 53.2 Å². The predicted octanol–water partition coefficient (Wildman–Crippen LogP) is 5.02. The van der Waals surface area contributed by atoms with E-state index in [0.717, 1.165) is 41.9 Å². The molecule has 4 heterocycles. The van der Waals surface area contributed by atoms with Crippen LogP contribution in [-0.4, -0.2) is 92.1 Å². The van der Waals surface area contributed by atoms with Crippen molar-refractivity contribution < 1.29 is 9.30 Å². The molecule has 0 unspecified atom stereocenters. The van der Waals surface area contributed by atoms with Crippen LogP contribution in [0.4, 0.5) is 28.8 Å². The average molecular weight is 596 g/mol. The van der Waals surface area contributed by atoms with Crippen molar-refractivity contribution in [3.8, 4) is 5.75 Å². The monoisotopic (exact) mass is 595 g/mol. The highest BCUT2D eigenvalue weighted by atomic mass is 35.5. The van der Waals surface area contributed by atoms with Gasteiger partial charge in [0.2, 0.25) is 5.95 Å². The van der Waals surface area contributed by atoms with E-state index in [1.807, 2.05) is 24.3 Å². The summed E-state index contributed by atoms with van der Waals surface area (Å²) in [6.07, 6.45) is 4.85. The molecule has 3 aliphatic heterocycles. The van der Waals surface area contributed by atoms with Crippen molar-refractivity contribution >= 4 is 52.9 Å². The Labute approximate surface area is 247 Å². The van der Waals surface area contributed by atoms with Gasteiger partial charge in [0.05, 0.1) is 24.2 Å². The third-order valence-electron chi connectivity index (χ3n) is 8.42. The number of nitrogens with zero attached hydrogens (tertiary/aromatic N) is 5. The number of rotatable bonds is 7. The summed E-state index contributed by atoms with van der Waals surface area (Å²) in [7, 11) is -0.287. The molecule has 3 aromatic rings. The average Bonchev–Trinajstić information content (AvgIpc) is 3.46. The maximum absolute atomic E-state index is 12.8. The summed E-state index contributed by atoms with van der Waals surface area (Å²) in [4.78, 5) is 16.7. The fourth-order valence-electron chi connectivity index (χ4n) is 6.14. The molecule has 3 aliphatic rings. The number of hydrogen-bond donors (Lipinski definition) is 2. The largest absolute Gasteiger partial charge is 0.491 e. The van der Waals surface area contributed by atoms with E-state index < -0.39 is 7.14 Å². The predicted molar refractivity (Wildman–Crippen MR) is 169 cm³/mol. The molecule has 0 saturated carbocycles. The van der Waals surface area contributed by atoms with Gasteiger partial charge < -0.3 is 29.7 Å². The lowest BCUT2D eigenvalue weighted by molar-refractivity contribution is 0.0982. The lowest BCUT2D eigenvalue weighted by Gasteiger charge is -2.43. The van der Waals surface area contributed by atoms with Gasteiger partial charge in [0, 0.05) is 68.3 Å². The molecule has 1 aromatic heterocycles. The summed E-state index contributed by atoms with van der Waals surface area (Å²) in [6, 6.07) is 12.5. The molecule has 0 atom stereocenters. The quantitative estimate of drug-likeness (QED) is 0.366. The molecule has 9 nitrogen and oxygen atoms in total. The lowest BCUT2D eigenvalue weighted by atomic mass is 9.99. The maximum Gasteiger partial charge on any atom is 0.229 e. The summed E-state index contributed by atoms with van der Waals surface area (Å²) in [5.41, 5.74) is 4.08. The van der Waals surface area contributed by atoms with Crippen molar-refractivity contribution in [1.29, 1.82) is 0 Å². The van der Waals surface area contributed by atoms with E-state index in [1.165, 1.54) is 50.3 Å². The number of hydrogen-bond acceptors (Lipinski definition) is 9. The Morgan fingerprint density at radius 2 is 1.73 bits per heavy atom. The van der Waals surface area contributed by atoms with Gasteiger partial charge in [0.25, 0.3) is 0 Å². The minimum absolute atomic E-state index is 0.379. The zero-order valence-corrected chi connectivity index (χ0v) is 25.7. The second-order valence-corrected chi connectivity index (χ2v) is 15.2. The topological polar surface area (TPSA) is 85.9 Å². The maximum atomic E-state index is 12.8. The van der Waals surface area contributed by atoms with E-state index in [2.05, 4.69) is 54.5 Å². The number of piperidine rings is 1. The van der Waals surface area contributed by atoms with Crippen LogP contribution in [0.15, 0.2) is 42.6 Å². The number of ether oxygens (including phenoxy) is 1. The highest BCUT2D eigenvalue weighted by Crippen LogP contribution is 2.42. The van der Waals surface area contributed by atoms with Crippen molar-refractivity contribution in [2.75, 3.05) is 81.8 Å². The highest BCUT2D eigenvalue weighted by Gasteiger charge is 2.30. The first-order valence-corrected chi connectivity index (χ1v) is 17.4. The van der Waals surface area contributed by atoms with Crippen LogP contribution in [-0.2, 0) is 11.0 Å². The van der Waals surface area contributed by atoms with Crippen LogP contribution in [0.25, 0.3) is 0 Å². The number of fused-ring (bicyclic) bond motifs is 1. The number of nitrogens with one attached hydrogen (secondary N) is 2. The third-order valence-corrected chi connectivity index (χ3v) is 10.2. The molecule has 218 valence electrons. The number of piperazine rings is 1. The van der Waals surface area contributed by atoms with Crippen LogP contribution >= 0.6 is 18.7 Å². The minimum Gasteiger partial charge on any atom is -0.491 e. The zero-order valence-electron chi connectivity index (χ0n) is 24.1. The summed E-state index contributed by atoms with van der Waals surface area (Å²) >= 11 is 6.46. The molecule has 2 N–H and O–H groups in total. The molecular weight excluding hydrogens is 557 g/mol. The number of likely N-dealkylation sites (N-methyl/N-ethyl adjacent to an activating group) is 1. The summed E-state index contributed by atoms with van der Waals surface area (Å²) in [5.74, 6) is 1.73. The van der Waals surface area contributed by atoms with Crippen molar-refractivity contribution in [2.24, 2.45) is 0 Å². The highest BCUT2D eigenvalue weighted by molar-refractivity contribution is 7.70. The van der Waals surface area contributed by atoms with Crippen LogP contribution in [0, 0.1) is 0 Å². The minimum atomic E-state index is -2.50. The zero-order chi connectivity index (χ0) is 28.6. The van der Waals surface area contributed by atoms with Gasteiger partial charge in [-0.25, -0.2) is 4.98 Å². The smallest absolute Gasteiger partial charge is 0.229 e. The van der Waals surface area contributed by atoms with E-state index in [9.17, 15) is 4.57 Å². The Bertz CT molecular complexity index is 1450. The Hall–Kier alpha value is -2.84. The molecule has 6 rings (SSSR count). The second-order valence-electron chi connectivity index (χ2n) is 11.6. The number of para-hydroxylation sites is 1. The molecular formula is C30H39ClN7O2P. The second kappa shape index (κ2) is 11.8. The normalized spacial score (nSPS) is 18.7. The van der Waals surface area contributed by atoms with E-state index in [-0.39, 0.29) is 0 Å². The molecule has 0 spiro atoms. The van der Waals surface area contributed by atoms with Crippen molar-refractivity contribution in [2.45, 2.75) is 25.3 Å². The van der Waals surface area contributed by atoms with Crippen LogP contribution in [0.5, 0.6) is 5.75 Å². The third kappa shape index (κ3) is 6.19. The molecule has 0 amide bonds. The van der Waals surface area contributed by atoms with Gasteiger partial charge >= 0.3 is 0 Å². The first-order valence-electron chi connectivity index (χ1n) is 14.4. The fourth-order valence-corrected chi connectivity index (χ4v) is 7.44. The van der Waals surface area contributed by atoms with E-state index in [0.29, 0.717) is 29.4 Å². The van der Waals surface area contributed by atoms with E-state index in [1.54, 1.807) is 19.5 Å². The van der Waals surface area contributed by atoms with Crippen LogP contribution in [0.3, 0.4) is 0 Å². The molecule has 2 saturated heterocycles. The molecule has 0 aliphatic carbocycles. The van der Waals surface area contributed by atoms with Gasteiger partial charge in [-0.1, -0.05) is 23.7 Å². The van der Waals surface area contributed by atoms with Crippen molar-refractivity contribution in [3.63, 3.8) is 0 Å². The Morgan fingerprint density at radius 1 is 0.976 bits per heavy atom. The molecule has 2 aromatic carbocycles. The van der Waals surface area contributed by atoms with E-state index >= 15 is 0 Å². The Morgan fingerprint density at radius 3 is 2.49 bits per heavy atom. The van der Waals surface area contributed by atoms with Crippen LogP contribution in [0.2, 0.25) is 5.02 Å². The van der Waals surface area contributed by atoms with E-state index in [4.69, 9.17) is 16.3 Å². The van der Waals surface area contributed by atoms with Crippen LogP contribution < -0.4 is 25.6 Å². The van der Waals surface area contributed by atoms with Crippen molar-refractivity contribution in [1.82, 2.24) is 19.8 Å². The molecule has 0 bridgehead atoms. The number of halogens is 1. The van der Waals surface area contributed by atoms with Gasteiger partial charge in [-0.15, -0.1) is 0 Å². The standard InChI is InChI=1S/C30H39ClN7O2P/c1-36-15-17-37(18-16-36)21-10-13-38(14-11-21)26-9-8-25(28-22(26)12-19-40-28)34-30-32-20-23(31)29(35-30)33-24-6-4-5-7-27(24)41(2,3)39/h4-9,20-21H,10-19H2,1-3H3,(H2,32,33,34,35). The van der Waals surface area contributed by atoms with Gasteiger partial charge in [-0.2, -0.15) is 4.98 Å². The number of aromatic nitrogens is 2. The summed E-state index contributed by atoms with van der Waals surface area (Å²) in [5, 5.41) is 7.75. The van der Waals surface area contributed by atoms with Gasteiger partial charge in [0.15, 0.2) is 5.82 Å². The number of benzene rings is 2. The first kappa shape index (κ1) is 28.3.